The summed E-state index contributed by atoms with van der Waals surface area (Å²) in [5.41, 5.74) is 7.95. The fourth-order valence-electron chi connectivity index (χ4n) is 7.44. The van der Waals surface area contributed by atoms with Crippen LogP contribution in [0.2, 0.25) is 0 Å². The molecule has 1 aliphatic carbocycles. The van der Waals surface area contributed by atoms with Gasteiger partial charge in [-0.05, 0) is 86.3 Å². The smallest absolute Gasteiger partial charge is 0.339 e. The number of carbonyl (C=O) groups excluding carboxylic acids is 2. The Hall–Kier alpha value is -5.66. The Morgan fingerprint density at radius 1 is 0.612 bits per heavy atom. The quantitative estimate of drug-likeness (QED) is 0.152. The average Bonchev–Trinajstić information content (AvgIpc) is 3.16. The molecule has 6 aromatic rings. The molecule has 246 valence electrons. The summed E-state index contributed by atoms with van der Waals surface area (Å²) in [5, 5.41) is 3.04. The van der Waals surface area contributed by atoms with E-state index in [0.29, 0.717) is 27.8 Å². The minimum atomic E-state index is -0.559. The first-order valence-corrected chi connectivity index (χ1v) is 16.1. The van der Waals surface area contributed by atoms with Gasteiger partial charge in [-0.25, -0.2) is 9.59 Å². The molecule has 0 bridgehead atoms. The van der Waals surface area contributed by atoms with Gasteiger partial charge in [0.2, 0.25) is 0 Å². The molecule has 49 heavy (non-hydrogen) atoms. The van der Waals surface area contributed by atoms with E-state index in [1.165, 1.54) is 14.2 Å². The first-order chi connectivity index (χ1) is 23.9. The number of fused-ring (bicyclic) bond motifs is 1. The third-order valence-electron chi connectivity index (χ3n) is 9.59. The molecule has 0 spiro atoms. The molecular weight excluding hydrogens is 616 g/mol. The molecule has 0 radical (unpaired) electrons. The van der Waals surface area contributed by atoms with Crippen molar-refractivity contribution in [3.63, 3.8) is 0 Å². The second-order valence-corrected chi connectivity index (χ2v) is 12.0. The number of esters is 2. The van der Waals surface area contributed by atoms with Gasteiger partial charge in [0, 0.05) is 17.9 Å². The maximum atomic E-state index is 13.7. The standard InChI is InChI=1S/C42H36O7/c1-45-33-21-16-26-22-34(46-2)40(47-3)38-32(23-31(37(33)35(26)38)25-14-10-7-11-15-25)28-18-20-30(41(43)48-4)36-29(28)19-17-27(39(36)42(44)49-5)24-12-8-6-9-13-24/h6-15,17-20,22-23,33H,16,21H2,1-5H3. The van der Waals surface area contributed by atoms with Crippen molar-refractivity contribution in [2.75, 3.05) is 35.5 Å². The van der Waals surface area contributed by atoms with E-state index >= 15 is 0 Å². The first kappa shape index (κ1) is 31.9. The molecule has 6 aromatic carbocycles. The minimum Gasteiger partial charge on any atom is -0.493 e. The van der Waals surface area contributed by atoms with E-state index in [0.717, 1.165) is 62.6 Å². The van der Waals surface area contributed by atoms with E-state index < -0.39 is 11.9 Å². The summed E-state index contributed by atoms with van der Waals surface area (Å²) in [7, 11) is 7.72. The van der Waals surface area contributed by atoms with Gasteiger partial charge in [-0.1, -0.05) is 78.9 Å². The van der Waals surface area contributed by atoms with Crippen molar-refractivity contribution in [3.8, 4) is 44.9 Å². The largest absolute Gasteiger partial charge is 0.493 e. The van der Waals surface area contributed by atoms with Crippen LogP contribution in [0.1, 0.15) is 44.4 Å². The van der Waals surface area contributed by atoms with Crippen LogP contribution in [0, 0.1) is 0 Å². The van der Waals surface area contributed by atoms with E-state index in [2.05, 4.69) is 24.3 Å². The van der Waals surface area contributed by atoms with Crippen molar-refractivity contribution in [1.29, 1.82) is 0 Å². The number of hydrogen-bond acceptors (Lipinski definition) is 7. The van der Waals surface area contributed by atoms with Crippen LogP contribution in [0.3, 0.4) is 0 Å². The maximum absolute atomic E-state index is 13.7. The van der Waals surface area contributed by atoms with Crippen LogP contribution in [0.25, 0.3) is 54.9 Å². The Labute approximate surface area is 285 Å². The SMILES string of the molecule is COC(=O)c1ccc(-c2cc(-c3ccccc3)c3c4c(cc(OC)c(OC)c24)CCC3OC)c2ccc(-c3ccccc3)c(C(=O)OC)c12. The molecule has 0 heterocycles. The molecule has 1 aliphatic rings. The molecule has 0 saturated heterocycles. The van der Waals surface area contributed by atoms with E-state index in [4.69, 9.17) is 23.7 Å². The summed E-state index contributed by atoms with van der Waals surface area (Å²) in [4.78, 5) is 27.1. The van der Waals surface area contributed by atoms with Crippen molar-refractivity contribution in [3.05, 3.63) is 119 Å². The van der Waals surface area contributed by atoms with Crippen molar-refractivity contribution in [1.82, 2.24) is 0 Å². The topological polar surface area (TPSA) is 80.3 Å². The zero-order valence-corrected chi connectivity index (χ0v) is 28.1. The number of rotatable bonds is 8. The average molecular weight is 653 g/mol. The first-order valence-electron chi connectivity index (χ1n) is 16.1. The van der Waals surface area contributed by atoms with Crippen LogP contribution in [-0.2, 0) is 20.6 Å². The summed E-state index contributed by atoms with van der Waals surface area (Å²) in [6.45, 7) is 0. The van der Waals surface area contributed by atoms with Crippen LogP contribution < -0.4 is 9.47 Å². The van der Waals surface area contributed by atoms with Crippen molar-refractivity contribution in [2.45, 2.75) is 18.9 Å². The molecule has 0 aliphatic heterocycles. The monoisotopic (exact) mass is 652 g/mol. The van der Waals surface area contributed by atoms with Gasteiger partial charge in [0.05, 0.1) is 45.7 Å². The fraction of sp³-hybridized carbons (Fsp3) is 0.190. The van der Waals surface area contributed by atoms with Gasteiger partial charge in [0.15, 0.2) is 11.5 Å². The lowest BCUT2D eigenvalue weighted by molar-refractivity contribution is 0.0602. The van der Waals surface area contributed by atoms with Gasteiger partial charge < -0.3 is 23.7 Å². The van der Waals surface area contributed by atoms with Gasteiger partial charge in [0.1, 0.15) is 0 Å². The van der Waals surface area contributed by atoms with Crippen LogP contribution in [0.5, 0.6) is 11.5 Å². The van der Waals surface area contributed by atoms with E-state index in [-0.39, 0.29) is 17.2 Å². The van der Waals surface area contributed by atoms with Crippen molar-refractivity contribution < 1.29 is 33.3 Å². The number of ether oxygens (including phenoxy) is 5. The van der Waals surface area contributed by atoms with Gasteiger partial charge in [-0.2, -0.15) is 0 Å². The lowest BCUT2D eigenvalue weighted by Gasteiger charge is -2.30. The zero-order chi connectivity index (χ0) is 34.2. The zero-order valence-electron chi connectivity index (χ0n) is 28.1. The summed E-state index contributed by atoms with van der Waals surface area (Å²) in [6.07, 6.45) is 1.46. The summed E-state index contributed by atoms with van der Waals surface area (Å²) >= 11 is 0. The summed E-state index contributed by atoms with van der Waals surface area (Å²) in [6, 6.07) is 31.6. The van der Waals surface area contributed by atoms with Gasteiger partial charge in [-0.3, -0.25) is 0 Å². The molecule has 1 atom stereocenters. The van der Waals surface area contributed by atoms with Crippen LogP contribution >= 0.6 is 0 Å². The molecular formula is C42H36O7. The van der Waals surface area contributed by atoms with E-state index in [1.54, 1.807) is 27.4 Å². The van der Waals surface area contributed by atoms with Crippen LogP contribution in [0.15, 0.2) is 97.1 Å². The molecule has 0 N–H and O–H groups in total. The summed E-state index contributed by atoms with van der Waals surface area (Å²) < 4.78 is 28.8. The highest BCUT2D eigenvalue weighted by Crippen LogP contribution is 2.53. The number of benzene rings is 6. The Morgan fingerprint density at radius 3 is 1.88 bits per heavy atom. The lowest BCUT2D eigenvalue weighted by atomic mass is 9.78. The number of hydrogen-bond donors (Lipinski definition) is 0. The van der Waals surface area contributed by atoms with E-state index in [1.807, 2.05) is 66.7 Å². The maximum Gasteiger partial charge on any atom is 0.339 e. The van der Waals surface area contributed by atoms with Crippen LogP contribution in [-0.4, -0.2) is 47.5 Å². The molecule has 0 amide bonds. The fourth-order valence-corrected chi connectivity index (χ4v) is 7.44. The van der Waals surface area contributed by atoms with Gasteiger partial charge >= 0.3 is 11.9 Å². The van der Waals surface area contributed by atoms with Crippen LogP contribution in [0.4, 0.5) is 0 Å². The highest BCUT2D eigenvalue weighted by Gasteiger charge is 2.32. The second-order valence-electron chi connectivity index (χ2n) is 12.0. The molecule has 0 aromatic heterocycles. The van der Waals surface area contributed by atoms with E-state index in [9.17, 15) is 9.59 Å². The third kappa shape index (κ3) is 5.18. The predicted molar refractivity (Wildman–Crippen MR) is 192 cm³/mol. The molecule has 0 saturated carbocycles. The molecule has 7 rings (SSSR count). The Balaban J connectivity index is 1.69. The van der Waals surface area contributed by atoms with Gasteiger partial charge in [0.25, 0.3) is 0 Å². The lowest BCUT2D eigenvalue weighted by Crippen LogP contribution is -2.13. The Bertz CT molecular complexity index is 2240. The predicted octanol–water partition coefficient (Wildman–Crippen LogP) is 9.22. The summed E-state index contributed by atoms with van der Waals surface area (Å²) in [5.74, 6) is 0.0950. The highest BCUT2D eigenvalue weighted by molar-refractivity contribution is 6.21. The number of aryl methyl sites for hydroxylation is 1. The second kappa shape index (κ2) is 13.1. The molecule has 7 nitrogen and oxygen atoms in total. The van der Waals surface area contributed by atoms with Crippen molar-refractivity contribution in [2.24, 2.45) is 0 Å². The number of methoxy groups -OCH3 is 5. The molecule has 1 unspecified atom stereocenters. The minimum absolute atomic E-state index is 0.143. The Kier molecular flexibility index (Phi) is 8.53. The third-order valence-corrected chi connectivity index (χ3v) is 9.59. The van der Waals surface area contributed by atoms with Crippen molar-refractivity contribution >= 4 is 33.5 Å². The Morgan fingerprint density at radius 2 is 1.27 bits per heavy atom. The number of carbonyl (C=O) groups is 2. The molecule has 7 heteroatoms. The normalized spacial score (nSPS) is 13.7. The molecule has 0 fully saturated rings. The van der Waals surface area contributed by atoms with Gasteiger partial charge in [-0.15, -0.1) is 0 Å². The highest BCUT2D eigenvalue weighted by atomic mass is 16.5.